The lowest BCUT2D eigenvalue weighted by atomic mass is 10.0. The van der Waals surface area contributed by atoms with Crippen LogP contribution >= 0.6 is 0 Å². The first-order valence-corrected chi connectivity index (χ1v) is 5.70. The molecule has 0 aromatic carbocycles. The molecule has 1 aliphatic heterocycles. The second-order valence-electron chi connectivity index (χ2n) is 4.10. The second-order valence-corrected chi connectivity index (χ2v) is 4.10. The van der Waals surface area contributed by atoms with Gasteiger partial charge in [0.1, 0.15) is 5.92 Å². The van der Waals surface area contributed by atoms with Crippen molar-refractivity contribution in [3.05, 3.63) is 0 Å². The Morgan fingerprint density at radius 1 is 1.42 bits per heavy atom. The molecule has 0 radical (unpaired) electrons. The number of nitrogens with zero attached hydrogens (tertiary/aromatic N) is 1. The average Bonchev–Trinajstić information content (AvgIpc) is 2.76. The Labute approximate surface area is 108 Å². The molecule has 0 aliphatic carbocycles. The van der Waals surface area contributed by atoms with Gasteiger partial charge in [0.05, 0.1) is 32.4 Å². The summed E-state index contributed by atoms with van der Waals surface area (Å²) in [5.74, 6) is -2.02. The Kier molecular flexibility index (Phi) is 5.90. The van der Waals surface area contributed by atoms with Gasteiger partial charge in [-0.25, -0.2) is 13.6 Å². The van der Waals surface area contributed by atoms with Crippen LogP contribution in [0.1, 0.15) is 0 Å². The molecule has 110 valence electrons. The van der Waals surface area contributed by atoms with Crippen molar-refractivity contribution in [3.63, 3.8) is 0 Å². The molecule has 0 saturated carbocycles. The normalized spacial score (nSPS) is 22.5. The monoisotopic (exact) mass is 282 g/mol. The Morgan fingerprint density at radius 2 is 2.11 bits per heavy atom. The summed E-state index contributed by atoms with van der Waals surface area (Å²) in [6.07, 6.45) is -2.73. The van der Waals surface area contributed by atoms with Gasteiger partial charge in [-0.3, -0.25) is 4.79 Å². The zero-order valence-corrected chi connectivity index (χ0v) is 10.1. The molecule has 0 aromatic heterocycles. The lowest BCUT2D eigenvalue weighted by Crippen LogP contribution is -2.50. The fraction of sp³-hybridized carbons (Fsp3) is 0.800. The van der Waals surface area contributed by atoms with E-state index in [9.17, 15) is 18.4 Å². The van der Waals surface area contributed by atoms with E-state index in [0.717, 1.165) is 4.90 Å². The van der Waals surface area contributed by atoms with E-state index in [1.165, 1.54) is 0 Å². The highest BCUT2D eigenvalue weighted by Gasteiger charge is 2.36. The number of aliphatic carboxylic acids is 1. The number of carbonyl (C=O) groups is 2. The van der Waals surface area contributed by atoms with Crippen LogP contribution < -0.4 is 5.32 Å². The summed E-state index contributed by atoms with van der Waals surface area (Å²) in [6, 6.07) is -1.60. The van der Waals surface area contributed by atoms with Gasteiger partial charge >= 0.3 is 12.0 Å². The highest BCUT2D eigenvalue weighted by molar-refractivity contribution is 5.77. The molecule has 1 aliphatic rings. The summed E-state index contributed by atoms with van der Waals surface area (Å²) >= 11 is 0. The minimum atomic E-state index is -2.73. The smallest absolute Gasteiger partial charge is 0.317 e. The van der Waals surface area contributed by atoms with Crippen LogP contribution in [-0.2, 0) is 9.53 Å². The number of aliphatic hydroxyl groups is 1. The van der Waals surface area contributed by atoms with Crippen LogP contribution in [0.25, 0.3) is 0 Å². The number of halogens is 2. The van der Waals surface area contributed by atoms with Gasteiger partial charge in [0.2, 0.25) is 0 Å². The molecule has 0 spiro atoms. The van der Waals surface area contributed by atoms with Crippen molar-refractivity contribution in [3.8, 4) is 0 Å². The first kappa shape index (κ1) is 15.6. The van der Waals surface area contributed by atoms with Crippen LogP contribution in [0.3, 0.4) is 0 Å². The van der Waals surface area contributed by atoms with Crippen LogP contribution in [0.5, 0.6) is 0 Å². The fourth-order valence-corrected chi connectivity index (χ4v) is 1.75. The molecule has 7 nitrogen and oxygen atoms in total. The van der Waals surface area contributed by atoms with E-state index in [1.54, 1.807) is 0 Å². The topological polar surface area (TPSA) is 99.1 Å². The van der Waals surface area contributed by atoms with E-state index in [4.69, 9.17) is 14.9 Å². The Hall–Kier alpha value is -1.48. The summed E-state index contributed by atoms with van der Waals surface area (Å²) < 4.78 is 29.5. The van der Waals surface area contributed by atoms with Gasteiger partial charge in [-0.05, 0) is 0 Å². The summed E-state index contributed by atoms with van der Waals surface area (Å²) in [5, 5.41) is 19.9. The third kappa shape index (κ3) is 4.60. The number of hydrogen-bond acceptors (Lipinski definition) is 4. The molecule has 2 unspecified atom stereocenters. The number of aliphatic hydroxyl groups excluding tert-OH is 1. The third-order valence-electron chi connectivity index (χ3n) is 2.72. The quantitative estimate of drug-likeness (QED) is 0.601. The highest BCUT2D eigenvalue weighted by atomic mass is 19.3. The Balaban J connectivity index is 2.57. The zero-order valence-electron chi connectivity index (χ0n) is 10.1. The summed E-state index contributed by atoms with van der Waals surface area (Å²) in [7, 11) is 0. The van der Waals surface area contributed by atoms with Crippen molar-refractivity contribution >= 4 is 12.0 Å². The number of rotatable bonds is 6. The first-order valence-electron chi connectivity index (χ1n) is 5.70. The van der Waals surface area contributed by atoms with E-state index in [-0.39, 0.29) is 19.8 Å². The minimum Gasteiger partial charge on any atom is -0.481 e. The van der Waals surface area contributed by atoms with E-state index in [2.05, 4.69) is 5.32 Å². The molecule has 1 saturated heterocycles. The minimum absolute atomic E-state index is 0.0182. The molecule has 2 amide bonds. The number of carboxylic acid groups (broad SMARTS) is 1. The molecule has 3 N–H and O–H groups in total. The van der Waals surface area contributed by atoms with Crippen molar-refractivity contribution in [2.75, 3.05) is 32.9 Å². The number of carbonyl (C=O) groups excluding carboxylic acids is 1. The maximum absolute atomic E-state index is 12.3. The maximum atomic E-state index is 12.3. The van der Waals surface area contributed by atoms with Crippen molar-refractivity contribution in [2.24, 2.45) is 5.92 Å². The van der Waals surface area contributed by atoms with Crippen molar-refractivity contribution in [1.82, 2.24) is 10.2 Å². The largest absolute Gasteiger partial charge is 0.481 e. The number of alkyl halides is 2. The standard InChI is InChI=1S/C10H16F2N2O5/c11-8(12)3-14(1-2-15)10(18)13-7-5-19-4-6(7)9(16)17/h6-8,15H,1-5H2,(H,13,18)(H,16,17). The van der Waals surface area contributed by atoms with Crippen molar-refractivity contribution in [2.45, 2.75) is 12.5 Å². The molecule has 9 heteroatoms. The number of nitrogens with one attached hydrogen (secondary N) is 1. The molecule has 1 heterocycles. The highest BCUT2D eigenvalue weighted by Crippen LogP contribution is 2.14. The lowest BCUT2D eigenvalue weighted by molar-refractivity contribution is -0.142. The summed E-state index contributed by atoms with van der Waals surface area (Å²) in [5.41, 5.74) is 0. The Bertz CT molecular complexity index is 329. The van der Waals surface area contributed by atoms with Gasteiger partial charge in [-0.2, -0.15) is 0 Å². The molecule has 1 rings (SSSR count). The van der Waals surface area contributed by atoms with E-state index in [1.807, 2.05) is 0 Å². The SMILES string of the molecule is O=C(O)C1COCC1NC(=O)N(CCO)CC(F)F. The molecular formula is C10H16F2N2O5. The van der Waals surface area contributed by atoms with Gasteiger partial charge in [-0.1, -0.05) is 0 Å². The molecule has 2 atom stereocenters. The predicted octanol–water partition coefficient (Wildman–Crippen LogP) is -0.645. The van der Waals surface area contributed by atoms with Crippen LogP contribution in [0, 0.1) is 5.92 Å². The predicted molar refractivity (Wildman–Crippen MR) is 58.9 cm³/mol. The fourth-order valence-electron chi connectivity index (χ4n) is 1.75. The third-order valence-corrected chi connectivity index (χ3v) is 2.72. The van der Waals surface area contributed by atoms with E-state index >= 15 is 0 Å². The van der Waals surface area contributed by atoms with Crippen LogP contribution in [0.4, 0.5) is 13.6 Å². The van der Waals surface area contributed by atoms with Crippen molar-refractivity contribution in [1.29, 1.82) is 0 Å². The van der Waals surface area contributed by atoms with Gasteiger partial charge in [0.25, 0.3) is 6.43 Å². The van der Waals surface area contributed by atoms with Gasteiger partial charge in [0.15, 0.2) is 0 Å². The van der Waals surface area contributed by atoms with E-state index in [0.29, 0.717) is 0 Å². The van der Waals surface area contributed by atoms with Crippen LogP contribution in [-0.4, -0.2) is 72.5 Å². The first-order chi connectivity index (χ1) is 8.95. The van der Waals surface area contributed by atoms with Gasteiger partial charge in [-0.15, -0.1) is 0 Å². The summed E-state index contributed by atoms with van der Waals surface area (Å²) in [4.78, 5) is 23.3. The van der Waals surface area contributed by atoms with E-state index < -0.39 is 43.5 Å². The second kappa shape index (κ2) is 7.19. The number of ether oxygens (including phenoxy) is 1. The number of urea groups is 1. The molecule has 1 fully saturated rings. The van der Waals surface area contributed by atoms with Crippen LogP contribution in [0.15, 0.2) is 0 Å². The Morgan fingerprint density at radius 3 is 2.63 bits per heavy atom. The average molecular weight is 282 g/mol. The summed E-state index contributed by atoms with van der Waals surface area (Å²) in [6.45, 7) is -1.54. The maximum Gasteiger partial charge on any atom is 0.317 e. The zero-order chi connectivity index (χ0) is 14.4. The van der Waals surface area contributed by atoms with Gasteiger partial charge in [0, 0.05) is 6.54 Å². The van der Waals surface area contributed by atoms with Gasteiger partial charge < -0.3 is 25.2 Å². The number of amides is 2. The van der Waals surface area contributed by atoms with Crippen molar-refractivity contribution < 1.29 is 33.3 Å². The molecule has 0 aromatic rings. The molecular weight excluding hydrogens is 266 g/mol. The number of hydrogen-bond donors (Lipinski definition) is 3. The number of carboxylic acids is 1. The van der Waals surface area contributed by atoms with Crippen LogP contribution in [0.2, 0.25) is 0 Å². The molecule has 19 heavy (non-hydrogen) atoms. The lowest BCUT2D eigenvalue weighted by Gasteiger charge is -2.24. The molecule has 0 bridgehead atoms.